The molecule has 0 bridgehead atoms. The Hall–Kier alpha value is -2.04. The van der Waals surface area contributed by atoms with Crippen molar-refractivity contribution < 1.29 is 9.90 Å². The summed E-state index contributed by atoms with van der Waals surface area (Å²) < 4.78 is 1.84. The van der Waals surface area contributed by atoms with Gasteiger partial charge in [0.1, 0.15) is 17.4 Å². The summed E-state index contributed by atoms with van der Waals surface area (Å²) in [6.45, 7) is 3.98. The lowest BCUT2D eigenvalue weighted by atomic mass is 10.2. The number of nitrogens with zero attached hydrogens (tertiary/aromatic N) is 2. The van der Waals surface area contributed by atoms with Crippen LogP contribution in [0.4, 0.5) is 5.69 Å². The third-order valence-corrected chi connectivity index (χ3v) is 3.56. The molecular weight excluding hydrogens is 254 g/mol. The van der Waals surface area contributed by atoms with Crippen LogP contribution in [0.1, 0.15) is 45.0 Å². The van der Waals surface area contributed by atoms with Gasteiger partial charge >= 0.3 is 5.97 Å². The number of anilines is 1. The Labute approximate surface area is 118 Å². The predicted octanol–water partition coefficient (Wildman–Crippen LogP) is 3.00. The van der Waals surface area contributed by atoms with Crippen LogP contribution < -0.4 is 5.73 Å². The molecule has 5 nitrogen and oxygen atoms in total. The maximum atomic E-state index is 11.5. The summed E-state index contributed by atoms with van der Waals surface area (Å²) in [5, 5.41) is 9.44. The van der Waals surface area contributed by atoms with Gasteiger partial charge in [0.05, 0.1) is 11.2 Å². The molecule has 0 spiro atoms. The molecule has 0 saturated heterocycles. The van der Waals surface area contributed by atoms with Gasteiger partial charge in [-0.2, -0.15) is 0 Å². The molecule has 0 aliphatic carbocycles. The number of aromatic nitrogens is 2. The fourth-order valence-corrected chi connectivity index (χ4v) is 2.51. The molecule has 0 radical (unpaired) electrons. The van der Waals surface area contributed by atoms with Gasteiger partial charge in [-0.15, -0.1) is 0 Å². The molecule has 1 aromatic carbocycles. The van der Waals surface area contributed by atoms with Crippen molar-refractivity contribution in [3.8, 4) is 0 Å². The fraction of sp³-hybridized carbons (Fsp3) is 0.467. The highest BCUT2D eigenvalue weighted by Crippen LogP contribution is 2.27. The average Bonchev–Trinajstić information content (AvgIpc) is 2.77. The Kier molecular flexibility index (Phi) is 4.27. The van der Waals surface area contributed by atoms with Gasteiger partial charge in [-0.1, -0.05) is 26.3 Å². The number of aliphatic carboxylic acids is 1. The summed E-state index contributed by atoms with van der Waals surface area (Å²) in [7, 11) is 0. The highest BCUT2D eigenvalue weighted by molar-refractivity contribution is 5.89. The van der Waals surface area contributed by atoms with E-state index in [2.05, 4.69) is 11.9 Å². The molecule has 5 heteroatoms. The first-order valence-electron chi connectivity index (χ1n) is 7.08. The summed E-state index contributed by atoms with van der Waals surface area (Å²) in [6, 6.07) is 4.94. The zero-order chi connectivity index (χ0) is 14.7. The Balaban J connectivity index is 2.63. The van der Waals surface area contributed by atoms with Gasteiger partial charge in [0.25, 0.3) is 0 Å². The number of para-hydroxylation sites is 1. The molecule has 0 amide bonds. The summed E-state index contributed by atoms with van der Waals surface area (Å²) in [5.41, 5.74) is 8.08. The molecule has 0 saturated carbocycles. The lowest BCUT2D eigenvalue weighted by molar-refractivity contribution is -0.140. The van der Waals surface area contributed by atoms with Crippen LogP contribution in [0.2, 0.25) is 0 Å². The Morgan fingerprint density at radius 3 is 2.80 bits per heavy atom. The number of unbranched alkanes of at least 4 members (excludes halogenated alkanes) is 1. The van der Waals surface area contributed by atoms with E-state index in [0.29, 0.717) is 17.6 Å². The SMILES string of the molecule is CCCCc1nc2c(N)cccc2n1C(CC)C(=O)O. The number of fused-ring (bicyclic) bond motifs is 1. The first-order valence-corrected chi connectivity index (χ1v) is 7.08. The largest absolute Gasteiger partial charge is 0.480 e. The van der Waals surface area contributed by atoms with Gasteiger partial charge in [-0.3, -0.25) is 0 Å². The molecule has 1 heterocycles. The molecule has 3 N–H and O–H groups in total. The molecule has 0 aliphatic heterocycles. The van der Waals surface area contributed by atoms with Gasteiger partial charge in [0.2, 0.25) is 0 Å². The number of imidazole rings is 1. The minimum absolute atomic E-state index is 0.523. The maximum Gasteiger partial charge on any atom is 0.326 e. The number of hydrogen-bond donors (Lipinski definition) is 2. The lowest BCUT2D eigenvalue weighted by Crippen LogP contribution is -2.20. The standard InChI is InChI=1S/C15H21N3O2/c1-3-5-9-13-17-14-10(16)7-6-8-12(14)18(13)11(4-2)15(19)20/h6-8,11H,3-5,9,16H2,1-2H3,(H,19,20). The normalized spacial score (nSPS) is 12.7. The average molecular weight is 275 g/mol. The number of benzene rings is 1. The predicted molar refractivity (Wildman–Crippen MR) is 79.7 cm³/mol. The van der Waals surface area contributed by atoms with Crippen LogP contribution in [0.5, 0.6) is 0 Å². The number of nitrogen functional groups attached to an aromatic ring is 1. The second-order valence-corrected chi connectivity index (χ2v) is 4.98. The number of carbonyl (C=O) groups is 1. The Morgan fingerprint density at radius 1 is 1.45 bits per heavy atom. The van der Waals surface area contributed by atoms with Crippen molar-refractivity contribution in [1.82, 2.24) is 9.55 Å². The monoisotopic (exact) mass is 275 g/mol. The van der Waals surface area contributed by atoms with E-state index in [1.807, 2.05) is 23.6 Å². The molecule has 20 heavy (non-hydrogen) atoms. The summed E-state index contributed by atoms with van der Waals surface area (Å²) in [6.07, 6.45) is 3.32. The third-order valence-electron chi connectivity index (χ3n) is 3.56. The van der Waals surface area contributed by atoms with E-state index in [1.165, 1.54) is 0 Å². The van der Waals surface area contributed by atoms with E-state index in [-0.39, 0.29) is 0 Å². The van der Waals surface area contributed by atoms with E-state index in [1.54, 1.807) is 6.07 Å². The van der Waals surface area contributed by atoms with Crippen LogP contribution in [0, 0.1) is 0 Å². The van der Waals surface area contributed by atoms with Crippen LogP contribution in [-0.2, 0) is 11.2 Å². The second kappa shape index (κ2) is 5.94. The molecule has 0 fully saturated rings. The van der Waals surface area contributed by atoms with Crippen molar-refractivity contribution in [2.45, 2.75) is 45.6 Å². The molecule has 108 valence electrons. The Bertz CT molecular complexity index is 619. The maximum absolute atomic E-state index is 11.5. The molecule has 1 aromatic heterocycles. The van der Waals surface area contributed by atoms with Crippen LogP contribution in [0.25, 0.3) is 11.0 Å². The minimum Gasteiger partial charge on any atom is -0.480 e. The van der Waals surface area contributed by atoms with E-state index in [4.69, 9.17) is 5.73 Å². The van der Waals surface area contributed by atoms with Crippen LogP contribution in [-0.4, -0.2) is 20.6 Å². The van der Waals surface area contributed by atoms with E-state index in [9.17, 15) is 9.90 Å². The van der Waals surface area contributed by atoms with Crippen molar-refractivity contribution in [2.24, 2.45) is 0 Å². The lowest BCUT2D eigenvalue weighted by Gasteiger charge is -2.16. The molecular formula is C15H21N3O2. The van der Waals surface area contributed by atoms with Crippen LogP contribution in [0.3, 0.4) is 0 Å². The quantitative estimate of drug-likeness (QED) is 0.794. The summed E-state index contributed by atoms with van der Waals surface area (Å²) in [4.78, 5) is 16.1. The number of carboxylic acid groups (broad SMARTS) is 1. The van der Waals surface area contributed by atoms with Crippen molar-refractivity contribution in [2.75, 3.05) is 5.73 Å². The van der Waals surface area contributed by atoms with Gasteiger partial charge < -0.3 is 15.4 Å². The highest BCUT2D eigenvalue weighted by atomic mass is 16.4. The smallest absolute Gasteiger partial charge is 0.326 e. The zero-order valence-electron chi connectivity index (χ0n) is 12.0. The topological polar surface area (TPSA) is 81.1 Å². The zero-order valence-corrected chi connectivity index (χ0v) is 12.0. The van der Waals surface area contributed by atoms with Gasteiger partial charge in [-0.25, -0.2) is 9.78 Å². The number of carboxylic acids is 1. The molecule has 0 aliphatic rings. The Morgan fingerprint density at radius 2 is 2.20 bits per heavy atom. The first kappa shape index (κ1) is 14.4. The summed E-state index contributed by atoms with van der Waals surface area (Å²) in [5.74, 6) is -0.0130. The molecule has 2 rings (SSSR count). The van der Waals surface area contributed by atoms with E-state index >= 15 is 0 Å². The van der Waals surface area contributed by atoms with Crippen molar-refractivity contribution in [1.29, 1.82) is 0 Å². The van der Waals surface area contributed by atoms with Crippen LogP contribution >= 0.6 is 0 Å². The highest BCUT2D eigenvalue weighted by Gasteiger charge is 2.23. The minimum atomic E-state index is -0.827. The van der Waals surface area contributed by atoms with Crippen molar-refractivity contribution in [3.05, 3.63) is 24.0 Å². The molecule has 1 unspecified atom stereocenters. The van der Waals surface area contributed by atoms with E-state index in [0.717, 1.165) is 30.6 Å². The van der Waals surface area contributed by atoms with Gasteiger partial charge in [0, 0.05) is 6.42 Å². The third kappa shape index (κ3) is 2.48. The van der Waals surface area contributed by atoms with Gasteiger partial charge in [-0.05, 0) is 25.0 Å². The second-order valence-electron chi connectivity index (χ2n) is 4.98. The van der Waals surface area contributed by atoms with Crippen LogP contribution in [0.15, 0.2) is 18.2 Å². The summed E-state index contributed by atoms with van der Waals surface area (Å²) >= 11 is 0. The molecule has 2 aromatic rings. The fourth-order valence-electron chi connectivity index (χ4n) is 2.51. The number of aryl methyl sites for hydroxylation is 1. The van der Waals surface area contributed by atoms with Crippen molar-refractivity contribution >= 4 is 22.7 Å². The van der Waals surface area contributed by atoms with Crippen molar-refractivity contribution in [3.63, 3.8) is 0 Å². The van der Waals surface area contributed by atoms with Gasteiger partial charge in [0.15, 0.2) is 0 Å². The first-order chi connectivity index (χ1) is 9.60. The number of nitrogens with two attached hydrogens (primary N) is 1. The van der Waals surface area contributed by atoms with E-state index < -0.39 is 12.0 Å². The number of rotatable bonds is 6. The number of hydrogen-bond acceptors (Lipinski definition) is 3. The molecule has 1 atom stereocenters.